The highest BCUT2D eigenvalue weighted by Crippen LogP contribution is 2.33. The summed E-state index contributed by atoms with van der Waals surface area (Å²) in [6, 6.07) is 7.32. The van der Waals surface area contributed by atoms with E-state index in [0.717, 1.165) is 24.3 Å². The number of ether oxygens (including phenoxy) is 2. The van der Waals surface area contributed by atoms with Crippen LogP contribution >= 0.6 is 0 Å². The Kier molecular flexibility index (Phi) is 3.97. The van der Waals surface area contributed by atoms with E-state index in [1.165, 1.54) is 6.07 Å². The van der Waals surface area contributed by atoms with Gasteiger partial charge < -0.3 is 19.5 Å². The van der Waals surface area contributed by atoms with Crippen molar-refractivity contribution in [3.63, 3.8) is 0 Å². The van der Waals surface area contributed by atoms with Crippen LogP contribution in [0.1, 0.15) is 10.5 Å². The third-order valence-corrected chi connectivity index (χ3v) is 3.64. The fourth-order valence-corrected chi connectivity index (χ4v) is 2.48. The molecule has 3 rings (SSSR count). The molecule has 0 bridgehead atoms. The summed E-state index contributed by atoms with van der Waals surface area (Å²) in [5, 5.41) is 15.6. The number of benzene rings is 1. The predicted molar refractivity (Wildman–Crippen MR) is 80.6 cm³/mol. The van der Waals surface area contributed by atoms with Crippen molar-refractivity contribution in [3.8, 4) is 17.0 Å². The summed E-state index contributed by atoms with van der Waals surface area (Å²) in [6.07, 6.45) is 0. The topological polar surface area (TPSA) is 87.7 Å². The highest BCUT2D eigenvalue weighted by molar-refractivity contribution is 5.87. The molecule has 0 amide bonds. The lowest BCUT2D eigenvalue weighted by molar-refractivity contribution is 0.0690. The molecule has 2 heterocycles. The summed E-state index contributed by atoms with van der Waals surface area (Å²) in [4.78, 5) is 13.2. The van der Waals surface area contributed by atoms with Gasteiger partial charge in [-0.05, 0) is 24.3 Å². The number of anilines is 1. The summed E-state index contributed by atoms with van der Waals surface area (Å²) in [5.74, 6) is -0.387. The molecule has 1 aliphatic rings. The van der Waals surface area contributed by atoms with Gasteiger partial charge in [0.15, 0.2) is 0 Å². The molecule has 22 heavy (non-hydrogen) atoms. The molecule has 1 aliphatic heterocycles. The lowest BCUT2D eigenvalue weighted by Crippen LogP contribution is -2.36. The second-order valence-electron chi connectivity index (χ2n) is 4.96. The van der Waals surface area contributed by atoms with Gasteiger partial charge in [0.1, 0.15) is 11.4 Å². The molecule has 0 radical (unpaired) electrons. The van der Waals surface area contributed by atoms with Gasteiger partial charge in [-0.15, -0.1) is 0 Å². The average Bonchev–Trinajstić information content (AvgIpc) is 3.05. The zero-order valence-corrected chi connectivity index (χ0v) is 12.2. The van der Waals surface area contributed by atoms with Crippen molar-refractivity contribution in [2.24, 2.45) is 0 Å². The Morgan fingerprint density at radius 1 is 1.36 bits per heavy atom. The molecule has 0 atom stereocenters. The number of hydrogen-bond donors (Lipinski definition) is 2. The number of nitrogens with one attached hydrogen (secondary N) is 1. The van der Waals surface area contributed by atoms with Crippen LogP contribution in [-0.4, -0.2) is 54.7 Å². The Bertz CT molecular complexity index is 677. The minimum Gasteiger partial charge on any atom is -0.496 e. The quantitative estimate of drug-likeness (QED) is 0.892. The van der Waals surface area contributed by atoms with E-state index in [1.807, 2.05) is 18.2 Å². The van der Waals surface area contributed by atoms with Crippen molar-refractivity contribution < 1.29 is 19.4 Å². The van der Waals surface area contributed by atoms with Crippen LogP contribution in [0.25, 0.3) is 11.3 Å². The second kappa shape index (κ2) is 6.07. The van der Waals surface area contributed by atoms with E-state index < -0.39 is 5.97 Å². The number of aromatic carboxylic acids is 1. The maximum atomic E-state index is 11.0. The molecule has 1 aromatic carbocycles. The SMILES string of the molecule is COc1ccc(N2CCOCC2)cc1-c1cc(C(=O)O)[nH]n1. The van der Waals surface area contributed by atoms with Crippen LogP contribution < -0.4 is 9.64 Å². The lowest BCUT2D eigenvalue weighted by Gasteiger charge is -2.29. The number of hydrogen-bond acceptors (Lipinski definition) is 5. The normalized spacial score (nSPS) is 14.9. The molecule has 1 saturated heterocycles. The fourth-order valence-electron chi connectivity index (χ4n) is 2.48. The Hall–Kier alpha value is -2.54. The van der Waals surface area contributed by atoms with Gasteiger partial charge in [0.2, 0.25) is 0 Å². The number of carboxylic acid groups (broad SMARTS) is 1. The second-order valence-corrected chi connectivity index (χ2v) is 4.96. The van der Waals surface area contributed by atoms with Crippen molar-refractivity contribution in [3.05, 3.63) is 30.0 Å². The van der Waals surface area contributed by atoms with Gasteiger partial charge in [0, 0.05) is 24.3 Å². The first-order valence-electron chi connectivity index (χ1n) is 6.99. The maximum Gasteiger partial charge on any atom is 0.353 e. The van der Waals surface area contributed by atoms with Crippen LogP contribution in [0.4, 0.5) is 5.69 Å². The van der Waals surface area contributed by atoms with Gasteiger partial charge >= 0.3 is 5.97 Å². The number of carbonyl (C=O) groups is 1. The highest BCUT2D eigenvalue weighted by atomic mass is 16.5. The zero-order valence-electron chi connectivity index (χ0n) is 12.2. The van der Waals surface area contributed by atoms with E-state index in [0.29, 0.717) is 24.7 Å². The number of rotatable bonds is 4. The predicted octanol–water partition coefficient (Wildman–Crippen LogP) is 1.62. The zero-order chi connectivity index (χ0) is 15.5. The summed E-state index contributed by atoms with van der Waals surface area (Å²) in [7, 11) is 1.58. The van der Waals surface area contributed by atoms with Gasteiger partial charge in [-0.25, -0.2) is 4.79 Å². The van der Waals surface area contributed by atoms with Crippen molar-refractivity contribution in [1.29, 1.82) is 0 Å². The van der Waals surface area contributed by atoms with Gasteiger partial charge in [0.25, 0.3) is 0 Å². The summed E-state index contributed by atoms with van der Waals surface area (Å²) >= 11 is 0. The Balaban J connectivity index is 1.98. The molecule has 0 aliphatic carbocycles. The minimum absolute atomic E-state index is 0.0498. The van der Waals surface area contributed by atoms with Gasteiger partial charge in [0.05, 0.1) is 26.0 Å². The van der Waals surface area contributed by atoms with Crippen LogP contribution in [0.3, 0.4) is 0 Å². The molecule has 0 spiro atoms. The fraction of sp³-hybridized carbons (Fsp3) is 0.333. The Labute approximate surface area is 127 Å². The molecule has 7 heteroatoms. The van der Waals surface area contributed by atoms with Gasteiger partial charge in [-0.2, -0.15) is 5.10 Å². The van der Waals surface area contributed by atoms with Crippen molar-refractivity contribution >= 4 is 11.7 Å². The summed E-state index contributed by atoms with van der Waals surface area (Å²) in [5.41, 5.74) is 2.40. The number of aromatic amines is 1. The molecule has 0 saturated carbocycles. The smallest absolute Gasteiger partial charge is 0.353 e. The van der Waals surface area contributed by atoms with E-state index in [2.05, 4.69) is 15.1 Å². The van der Waals surface area contributed by atoms with Crippen LogP contribution in [0.5, 0.6) is 5.75 Å². The molecule has 1 fully saturated rings. The molecule has 7 nitrogen and oxygen atoms in total. The number of carboxylic acids is 1. The largest absolute Gasteiger partial charge is 0.496 e. The average molecular weight is 303 g/mol. The van der Waals surface area contributed by atoms with Crippen LogP contribution in [0.2, 0.25) is 0 Å². The van der Waals surface area contributed by atoms with Crippen molar-refractivity contribution in [2.75, 3.05) is 38.3 Å². The lowest BCUT2D eigenvalue weighted by atomic mass is 10.1. The van der Waals surface area contributed by atoms with E-state index in [-0.39, 0.29) is 5.69 Å². The molecular formula is C15H17N3O4. The van der Waals surface area contributed by atoms with E-state index >= 15 is 0 Å². The molecule has 0 unspecified atom stereocenters. The first kappa shape index (κ1) is 14.4. The third kappa shape index (κ3) is 2.75. The molecule has 1 aromatic heterocycles. The minimum atomic E-state index is -1.04. The number of methoxy groups -OCH3 is 1. The van der Waals surface area contributed by atoms with Crippen LogP contribution in [0, 0.1) is 0 Å². The van der Waals surface area contributed by atoms with Gasteiger partial charge in [-0.1, -0.05) is 0 Å². The number of aromatic nitrogens is 2. The molecular weight excluding hydrogens is 286 g/mol. The standard InChI is InChI=1S/C15H17N3O4/c1-21-14-3-2-10(18-4-6-22-7-5-18)8-11(14)12-9-13(15(19)20)17-16-12/h2-3,8-9H,4-7H2,1H3,(H,16,17)(H,19,20). The maximum absolute atomic E-state index is 11.0. The van der Waals surface area contributed by atoms with Gasteiger partial charge in [-0.3, -0.25) is 5.10 Å². The molecule has 2 N–H and O–H groups in total. The monoisotopic (exact) mass is 303 g/mol. The van der Waals surface area contributed by atoms with Crippen molar-refractivity contribution in [2.45, 2.75) is 0 Å². The first-order valence-corrected chi connectivity index (χ1v) is 6.99. The Morgan fingerprint density at radius 2 is 2.14 bits per heavy atom. The Morgan fingerprint density at radius 3 is 2.77 bits per heavy atom. The number of morpholine rings is 1. The van der Waals surface area contributed by atoms with Crippen molar-refractivity contribution in [1.82, 2.24) is 10.2 Å². The number of nitrogens with zero attached hydrogens (tertiary/aromatic N) is 2. The van der Waals surface area contributed by atoms with Crippen LogP contribution in [-0.2, 0) is 4.74 Å². The first-order chi connectivity index (χ1) is 10.7. The van der Waals surface area contributed by atoms with E-state index in [4.69, 9.17) is 14.6 Å². The third-order valence-electron chi connectivity index (χ3n) is 3.64. The molecule has 2 aromatic rings. The highest BCUT2D eigenvalue weighted by Gasteiger charge is 2.17. The van der Waals surface area contributed by atoms with E-state index in [9.17, 15) is 4.79 Å². The summed E-state index contributed by atoms with van der Waals surface area (Å²) in [6.45, 7) is 3.05. The van der Waals surface area contributed by atoms with Crippen LogP contribution in [0.15, 0.2) is 24.3 Å². The number of H-pyrrole nitrogens is 1. The summed E-state index contributed by atoms with van der Waals surface area (Å²) < 4.78 is 10.7. The molecule has 116 valence electrons. The van der Waals surface area contributed by atoms with E-state index in [1.54, 1.807) is 7.11 Å².